The third kappa shape index (κ3) is 3.57. The minimum absolute atomic E-state index is 0.774. The standard InChI is InChI=1S/C23H29N/c1-3-8-19(9-4-1)20-14-16-24(17-15-20)18-22-12-7-13-23(22)21-10-5-2-6-11-21/h1-6,8-11,20,22-23H,7,12-18H2. The van der Waals surface area contributed by atoms with Gasteiger partial charge in [-0.25, -0.2) is 0 Å². The van der Waals surface area contributed by atoms with Crippen LogP contribution in [0, 0.1) is 5.92 Å². The van der Waals surface area contributed by atoms with Crippen LogP contribution in [0.25, 0.3) is 0 Å². The normalized spacial score (nSPS) is 25.8. The molecule has 0 amide bonds. The van der Waals surface area contributed by atoms with Gasteiger partial charge in [0.2, 0.25) is 0 Å². The Bertz CT molecular complexity index is 613. The molecule has 1 nitrogen and oxygen atoms in total. The van der Waals surface area contributed by atoms with Crippen molar-refractivity contribution in [3.8, 4) is 0 Å². The topological polar surface area (TPSA) is 3.24 Å². The number of nitrogens with zero attached hydrogens (tertiary/aromatic N) is 1. The fraction of sp³-hybridized carbons (Fsp3) is 0.478. The van der Waals surface area contributed by atoms with Crippen LogP contribution in [0.15, 0.2) is 60.7 Å². The van der Waals surface area contributed by atoms with Crippen molar-refractivity contribution in [1.82, 2.24) is 4.90 Å². The first-order valence-corrected chi connectivity index (χ1v) is 9.72. The Morgan fingerprint density at radius 3 is 2.00 bits per heavy atom. The van der Waals surface area contributed by atoms with Crippen molar-refractivity contribution in [2.45, 2.75) is 43.9 Å². The van der Waals surface area contributed by atoms with E-state index in [1.165, 1.54) is 51.7 Å². The van der Waals surface area contributed by atoms with Gasteiger partial charge >= 0.3 is 0 Å². The summed E-state index contributed by atoms with van der Waals surface area (Å²) < 4.78 is 0. The number of benzene rings is 2. The van der Waals surface area contributed by atoms with Gasteiger partial charge in [0, 0.05) is 6.54 Å². The van der Waals surface area contributed by atoms with Crippen LogP contribution in [0.3, 0.4) is 0 Å². The fourth-order valence-corrected chi connectivity index (χ4v) is 4.90. The van der Waals surface area contributed by atoms with Crippen molar-refractivity contribution in [3.05, 3.63) is 71.8 Å². The molecule has 0 N–H and O–H groups in total. The van der Waals surface area contributed by atoms with Crippen LogP contribution in [0.5, 0.6) is 0 Å². The summed E-state index contributed by atoms with van der Waals surface area (Å²) in [5.41, 5.74) is 3.11. The molecular weight excluding hydrogens is 290 g/mol. The summed E-state index contributed by atoms with van der Waals surface area (Å²) in [6, 6.07) is 22.3. The van der Waals surface area contributed by atoms with Crippen LogP contribution in [0.1, 0.15) is 55.1 Å². The zero-order valence-electron chi connectivity index (χ0n) is 14.6. The highest BCUT2D eigenvalue weighted by Crippen LogP contribution is 2.40. The first kappa shape index (κ1) is 15.9. The van der Waals surface area contributed by atoms with Crippen LogP contribution >= 0.6 is 0 Å². The molecule has 1 aliphatic carbocycles. The lowest BCUT2D eigenvalue weighted by atomic mass is 9.86. The molecule has 24 heavy (non-hydrogen) atoms. The molecule has 2 aromatic carbocycles. The maximum absolute atomic E-state index is 2.74. The van der Waals surface area contributed by atoms with Crippen LogP contribution in [-0.4, -0.2) is 24.5 Å². The van der Waals surface area contributed by atoms with Gasteiger partial charge in [-0.1, -0.05) is 67.1 Å². The Kier molecular flexibility index (Phi) is 4.99. The molecule has 1 aliphatic heterocycles. The van der Waals surface area contributed by atoms with Gasteiger partial charge in [-0.2, -0.15) is 0 Å². The van der Waals surface area contributed by atoms with Crippen molar-refractivity contribution in [2.24, 2.45) is 5.92 Å². The second-order valence-corrected chi connectivity index (χ2v) is 7.69. The summed E-state index contributed by atoms with van der Waals surface area (Å²) in [5.74, 6) is 2.43. The van der Waals surface area contributed by atoms with Gasteiger partial charge < -0.3 is 4.90 Å². The smallest absolute Gasteiger partial charge is 0.00155 e. The van der Waals surface area contributed by atoms with Gasteiger partial charge in [-0.15, -0.1) is 0 Å². The SMILES string of the molecule is c1ccc(C2CCN(CC3CCCC3c3ccccc3)CC2)cc1. The van der Waals surface area contributed by atoms with Crippen molar-refractivity contribution >= 4 is 0 Å². The Morgan fingerprint density at radius 2 is 1.33 bits per heavy atom. The van der Waals surface area contributed by atoms with E-state index < -0.39 is 0 Å². The molecule has 2 unspecified atom stereocenters. The molecule has 4 rings (SSSR count). The van der Waals surface area contributed by atoms with Gasteiger partial charge in [0.1, 0.15) is 0 Å². The van der Waals surface area contributed by atoms with E-state index in [-0.39, 0.29) is 0 Å². The first-order chi connectivity index (χ1) is 11.9. The van der Waals surface area contributed by atoms with Gasteiger partial charge in [0.05, 0.1) is 0 Å². The maximum Gasteiger partial charge on any atom is 0.00155 e. The van der Waals surface area contributed by atoms with Gasteiger partial charge in [0.25, 0.3) is 0 Å². The highest BCUT2D eigenvalue weighted by atomic mass is 15.1. The zero-order valence-corrected chi connectivity index (χ0v) is 14.6. The number of likely N-dealkylation sites (tertiary alicyclic amines) is 1. The van der Waals surface area contributed by atoms with E-state index >= 15 is 0 Å². The zero-order chi connectivity index (χ0) is 16.2. The monoisotopic (exact) mass is 319 g/mol. The van der Waals surface area contributed by atoms with Crippen molar-refractivity contribution in [2.75, 3.05) is 19.6 Å². The molecular formula is C23H29N. The highest BCUT2D eigenvalue weighted by Gasteiger charge is 2.31. The molecule has 1 saturated carbocycles. The second-order valence-electron chi connectivity index (χ2n) is 7.69. The Morgan fingerprint density at radius 1 is 0.708 bits per heavy atom. The lowest BCUT2D eigenvalue weighted by molar-refractivity contribution is 0.177. The lowest BCUT2D eigenvalue weighted by Crippen LogP contribution is -2.37. The predicted octanol–water partition coefficient (Wildman–Crippen LogP) is 5.45. The summed E-state index contributed by atoms with van der Waals surface area (Å²) in [7, 11) is 0. The van der Waals surface area contributed by atoms with E-state index in [0.717, 1.165) is 17.8 Å². The molecule has 2 atom stereocenters. The van der Waals surface area contributed by atoms with Crippen LogP contribution in [0.2, 0.25) is 0 Å². The van der Waals surface area contributed by atoms with E-state index in [1.54, 1.807) is 11.1 Å². The molecule has 1 saturated heterocycles. The van der Waals surface area contributed by atoms with E-state index in [2.05, 4.69) is 65.6 Å². The van der Waals surface area contributed by atoms with Gasteiger partial charge in [0.15, 0.2) is 0 Å². The maximum atomic E-state index is 2.74. The number of piperidine rings is 1. The molecule has 2 aliphatic rings. The van der Waals surface area contributed by atoms with E-state index in [0.29, 0.717) is 0 Å². The molecule has 0 bridgehead atoms. The molecule has 0 radical (unpaired) electrons. The first-order valence-electron chi connectivity index (χ1n) is 9.72. The molecule has 2 fully saturated rings. The van der Waals surface area contributed by atoms with Crippen molar-refractivity contribution < 1.29 is 0 Å². The summed E-state index contributed by atoms with van der Waals surface area (Å²) in [5, 5.41) is 0. The minimum atomic E-state index is 0.774. The summed E-state index contributed by atoms with van der Waals surface area (Å²) in [4.78, 5) is 2.74. The third-order valence-electron chi connectivity index (χ3n) is 6.24. The summed E-state index contributed by atoms with van der Waals surface area (Å²) in [6.45, 7) is 3.86. The predicted molar refractivity (Wildman–Crippen MR) is 101 cm³/mol. The van der Waals surface area contributed by atoms with Crippen LogP contribution in [0.4, 0.5) is 0 Å². The number of hydrogen-bond acceptors (Lipinski definition) is 1. The molecule has 0 spiro atoms. The van der Waals surface area contributed by atoms with Crippen molar-refractivity contribution in [1.29, 1.82) is 0 Å². The average Bonchev–Trinajstić information content (AvgIpc) is 3.12. The average molecular weight is 319 g/mol. The Balaban J connectivity index is 1.33. The quantitative estimate of drug-likeness (QED) is 0.724. The number of hydrogen-bond donors (Lipinski definition) is 0. The fourth-order valence-electron chi connectivity index (χ4n) is 4.90. The Hall–Kier alpha value is -1.60. The van der Waals surface area contributed by atoms with Crippen LogP contribution < -0.4 is 0 Å². The molecule has 126 valence electrons. The largest absolute Gasteiger partial charge is 0.303 e. The van der Waals surface area contributed by atoms with Gasteiger partial charge in [-0.3, -0.25) is 0 Å². The third-order valence-corrected chi connectivity index (χ3v) is 6.24. The molecule has 0 aromatic heterocycles. The molecule has 1 heterocycles. The van der Waals surface area contributed by atoms with Gasteiger partial charge in [-0.05, 0) is 67.7 Å². The second kappa shape index (κ2) is 7.53. The molecule has 2 aromatic rings. The summed E-state index contributed by atoms with van der Waals surface area (Å²) >= 11 is 0. The van der Waals surface area contributed by atoms with Crippen LogP contribution in [-0.2, 0) is 0 Å². The van der Waals surface area contributed by atoms with E-state index in [1.807, 2.05) is 0 Å². The number of rotatable bonds is 4. The van der Waals surface area contributed by atoms with E-state index in [9.17, 15) is 0 Å². The highest BCUT2D eigenvalue weighted by molar-refractivity contribution is 5.22. The summed E-state index contributed by atoms with van der Waals surface area (Å²) in [6.07, 6.45) is 6.86. The van der Waals surface area contributed by atoms with Crippen molar-refractivity contribution in [3.63, 3.8) is 0 Å². The Labute approximate surface area is 146 Å². The van der Waals surface area contributed by atoms with E-state index in [4.69, 9.17) is 0 Å². The molecule has 1 heteroatoms. The lowest BCUT2D eigenvalue weighted by Gasteiger charge is -2.35. The minimum Gasteiger partial charge on any atom is -0.303 e.